The highest BCUT2D eigenvalue weighted by atomic mass is 19.4. The molecule has 1 atom stereocenters. The molecule has 3 aromatic rings. The van der Waals surface area contributed by atoms with Gasteiger partial charge in [-0.15, -0.1) is 0 Å². The van der Waals surface area contributed by atoms with E-state index in [-0.39, 0.29) is 24.9 Å². The third-order valence-electron chi connectivity index (χ3n) is 7.37. The molecule has 1 saturated heterocycles. The first-order valence-electron chi connectivity index (χ1n) is 11.9. The fourth-order valence-corrected chi connectivity index (χ4v) is 4.91. The van der Waals surface area contributed by atoms with Crippen molar-refractivity contribution in [1.82, 2.24) is 24.7 Å². The van der Waals surface area contributed by atoms with Gasteiger partial charge in [-0.1, -0.05) is 0 Å². The molecule has 3 fully saturated rings. The zero-order valence-electron chi connectivity index (χ0n) is 19.2. The Hall–Kier alpha value is -2.75. The third kappa shape index (κ3) is 3.91. The second kappa shape index (κ2) is 7.90. The lowest BCUT2D eigenvalue weighted by Crippen LogP contribution is -2.39. The Morgan fingerprint density at radius 2 is 1.82 bits per heavy atom. The lowest BCUT2D eigenvalue weighted by molar-refractivity contribution is -0.197. The predicted octanol–water partition coefficient (Wildman–Crippen LogP) is 4.81. The Bertz CT molecular complexity index is 1230. The van der Waals surface area contributed by atoms with Crippen LogP contribution in [0.25, 0.3) is 11.0 Å². The van der Waals surface area contributed by atoms with Gasteiger partial charge >= 0.3 is 6.18 Å². The van der Waals surface area contributed by atoms with Gasteiger partial charge in [-0.2, -0.15) is 18.3 Å². The Balaban J connectivity index is 1.32. The second-order valence-electron chi connectivity index (χ2n) is 9.83. The number of rotatable bonds is 4. The Morgan fingerprint density at radius 3 is 2.56 bits per heavy atom. The molecule has 6 rings (SSSR count). The fourth-order valence-electron chi connectivity index (χ4n) is 4.91. The maximum atomic E-state index is 13.2. The molecule has 0 spiro atoms. The van der Waals surface area contributed by atoms with Crippen LogP contribution in [-0.2, 0) is 4.74 Å². The number of halogens is 3. The summed E-state index contributed by atoms with van der Waals surface area (Å²) in [6.07, 6.45) is 2.07. The fraction of sp³-hybridized carbons (Fsp3) is 0.583. The average molecular weight is 473 g/mol. The number of anilines is 1. The predicted molar refractivity (Wildman–Crippen MR) is 120 cm³/mol. The molecule has 7 nitrogen and oxygen atoms in total. The summed E-state index contributed by atoms with van der Waals surface area (Å²) >= 11 is 0. The zero-order chi connectivity index (χ0) is 23.6. The standard InChI is InChI=1S/C24H27F3N6O/c1-13-14(2)30-23-19(29-13)9-21(31-22(23)15-7-17(8-15)24(25,26)27)32-5-6-34-20(12-32)16-10-28-33(11-16)18-3-4-18/h9-11,15,17-18,20H,3-8,12H2,1-2H3/t15?,17?,20-/m1/s1. The molecule has 0 radical (unpaired) electrons. The van der Waals surface area contributed by atoms with Crippen LogP contribution in [0.4, 0.5) is 19.0 Å². The van der Waals surface area contributed by atoms with Crippen molar-refractivity contribution in [2.75, 3.05) is 24.6 Å². The minimum Gasteiger partial charge on any atom is -0.370 e. The Kier molecular flexibility index (Phi) is 5.05. The molecule has 1 aliphatic heterocycles. The van der Waals surface area contributed by atoms with E-state index in [0.717, 1.165) is 22.8 Å². The highest BCUT2D eigenvalue weighted by molar-refractivity contribution is 5.80. The van der Waals surface area contributed by atoms with E-state index in [1.165, 1.54) is 12.8 Å². The van der Waals surface area contributed by atoms with E-state index in [4.69, 9.17) is 14.7 Å². The molecule has 0 unspecified atom stereocenters. The van der Waals surface area contributed by atoms with Crippen molar-refractivity contribution in [1.29, 1.82) is 0 Å². The zero-order valence-corrected chi connectivity index (χ0v) is 19.2. The maximum Gasteiger partial charge on any atom is 0.391 e. The number of ether oxygens (including phenoxy) is 1. The van der Waals surface area contributed by atoms with Crippen molar-refractivity contribution in [2.24, 2.45) is 5.92 Å². The van der Waals surface area contributed by atoms with E-state index in [1.54, 1.807) is 0 Å². The van der Waals surface area contributed by atoms with Gasteiger partial charge < -0.3 is 9.64 Å². The van der Waals surface area contributed by atoms with Gasteiger partial charge in [-0.25, -0.2) is 15.0 Å². The van der Waals surface area contributed by atoms with Crippen molar-refractivity contribution in [3.63, 3.8) is 0 Å². The van der Waals surface area contributed by atoms with Crippen molar-refractivity contribution in [2.45, 2.75) is 63.8 Å². The molecular formula is C24H27F3N6O. The number of hydrogen-bond acceptors (Lipinski definition) is 6. The quantitative estimate of drug-likeness (QED) is 0.543. The van der Waals surface area contributed by atoms with Crippen LogP contribution in [0.15, 0.2) is 18.5 Å². The summed E-state index contributed by atoms with van der Waals surface area (Å²) in [5.41, 5.74) is 4.55. The minimum atomic E-state index is -4.16. The highest BCUT2D eigenvalue weighted by Gasteiger charge is 2.49. The van der Waals surface area contributed by atoms with Crippen LogP contribution < -0.4 is 4.90 Å². The summed E-state index contributed by atoms with van der Waals surface area (Å²) in [4.78, 5) is 16.4. The number of aryl methyl sites for hydroxylation is 2. The molecule has 0 aromatic carbocycles. The van der Waals surface area contributed by atoms with Gasteiger partial charge in [0.2, 0.25) is 0 Å². The number of pyridine rings is 1. The van der Waals surface area contributed by atoms with Crippen molar-refractivity contribution >= 4 is 16.9 Å². The first-order chi connectivity index (χ1) is 16.3. The number of nitrogens with zero attached hydrogens (tertiary/aromatic N) is 6. The van der Waals surface area contributed by atoms with Crippen LogP contribution in [0, 0.1) is 19.8 Å². The van der Waals surface area contributed by atoms with Gasteiger partial charge in [-0.05, 0) is 39.5 Å². The second-order valence-corrected chi connectivity index (χ2v) is 9.83. The molecule has 2 aliphatic carbocycles. The summed E-state index contributed by atoms with van der Waals surface area (Å²) in [7, 11) is 0. The molecule has 4 heterocycles. The van der Waals surface area contributed by atoms with Gasteiger partial charge in [0.25, 0.3) is 0 Å². The first-order valence-corrected chi connectivity index (χ1v) is 11.9. The molecule has 3 aliphatic rings. The van der Waals surface area contributed by atoms with Gasteiger partial charge in [0, 0.05) is 36.8 Å². The number of fused-ring (bicyclic) bond motifs is 1. The van der Waals surface area contributed by atoms with Crippen LogP contribution in [-0.4, -0.2) is 50.6 Å². The van der Waals surface area contributed by atoms with Gasteiger partial charge in [-0.3, -0.25) is 4.68 Å². The average Bonchev–Trinajstić information content (AvgIpc) is 3.49. The molecule has 0 amide bonds. The number of morpholine rings is 1. The van der Waals surface area contributed by atoms with Crippen molar-refractivity contribution in [3.05, 3.63) is 41.1 Å². The molecule has 3 aromatic heterocycles. The van der Waals surface area contributed by atoms with Gasteiger partial charge in [0.15, 0.2) is 0 Å². The van der Waals surface area contributed by atoms with Crippen LogP contribution in [0.5, 0.6) is 0 Å². The lowest BCUT2D eigenvalue weighted by Gasteiger charge is -2.37. The van der Waals surface area contributed by atoms with E-state index in [9.17, 15) is 13.2 Å². The van der Waals surface area contributed by atoms with E-state index < -0.39 is 12.1 Å². The maximum absolute atomic E-state index is 13.2. The minimum absolute atomic E-state index is 0.0513. The largest absolute Gasteiger partial charge is 0.391 e. The van der Waals surface area contributed by atoms with E-state index in [2.05, 4.69) is 21.2 Å². The smallest absolute Gasteiger partial charge is 0.370 e. The normalized spacial score (nSPS) is 25.6. The van der Waals surface area contributed by atoms with E-state index >= 15 is 0 Å². The molecular weight excluding hydrogens is 445 g/mol. The number of aromatic nitrogens is 5. The molecule has 0 N–H and O–H groups in total. The topological polar surface area (TPSA) is 69.0 Å². The summed E-state index contributed by atoms with van der Waals surface area (Å²) in [5.74, 6) is -0.814. The SMILES string of the molecule is Cc1nc2cc(N3CCO[C@@H](c4cnn(C5CC5)c4)C3)nc(C3CC(C(F)(F)F)C3)c2nc1C. The lowest BCUT2D eigenvalue weighted by atomic mass is 9.72. The first kappa shape index (κ1) is 21.8. The molecule has 10 heteroatoms. The van der Waals surface area contributed by atoms with Crippen LogP contribution >= 0.6 is 0 Å². The van der Waals surface area contributed by atoms with Crippen LogP contribution in [0.2, 0.25) is 0 Å². The van der Waals surface area contributed by atoms with Crippen LogP contribution in [0.1, 0.15) is 66.4 Å². The number of hydrogen-bond donors (Lipinski definition) is 0. The molecule has 0 bridgehead atoms. The highest BCUT2D eigenvalue weighted by Crippen LogP contribution is 2.50. The van der Waals surface area contributed by atoms with Crippen molar-refractivity contribution < 1.29 is 17.9 Å². The summed E-state index contributed by atoms with van der Waals surface area (Å²) in [5, 5.41) is 4.49. The van der Waals surface area contributed by atoms with Crippen molar-refractivity contribution in [3.8, 4) is 0 Å². The molecule has 2 saturated carbocycles. The summed E-state index contributed by atoms with van der Waals surface area (Å²) < 4.78 is 47.6. The van der Waals surface area contributed by atoms with E-state index in [0.29, 0.717) is 42.5 Å². The molecule has 34 heavy (non-hydrogen) atoms. The van der Waals surface area contributed by atoms with E-state index in [1.807, 2.05) is 30.8 Å². The van der Waals surface area contributed by atoms with Gasteiger partial charge in [0.05, 0.1) is 47.4 Å². The third-order valence-corrected chi connectivity index (χ3v) is 7.37. The van der Waals surface area contributed by atoms with Crippen LogP contribution in [0.3, 0.4) is 0 Å². The molecule has 180 valence electrons. The summed E-state index contributed by atoms with van der Waals surface area (Å²) in [6, 6.07) is 2.42. The Labute approximate surface area is 195 Å². The number of alkyl halides is 3. The Morgan fingerprint density at radius 1 is 1.06 bits per heavy atom. The monoisotopic (exact) mass is 472 g/mol. The van der Waals surface area contributed by atoms with Gasteiger partial charge in [0.1, 0.15) is 17.4 Å². The summed E-state index contributed by atoms with van der Waals surface area (Å²) in [6.45, 7) is 5.55.